The third-order valence-electron chi connectivity index (χ3n) is 2.73. The van der Waals surface area contributed by atoms with Crippen LogP contribution in [0.3, 0.4) is 0 Å². The first-order chi connectivity index (χ1) is 7.97. The number of anilines is 1. The van der Waals surface area contributed by atoms with Crippen LogP contribution in [0.25, 0.3) is 0 Å². The first-order valence-electron chi connectivity index (χ1n) is 6.11. The van der Waals surface area contributed by atoms with Crippen LogP contribution in [0.2, 0.25) is 0 Å². The number of halogens is 1. The summed E-state index contributed by atoms with van der Waals surface area (Å²) in [4.78, 5) is 4.51. The molecule has 0 aliphatic heterocycles. The minimum absolute atomic E-state index is 0.0245. The fraction of sp³-hybridized carbons (Fsp3) is 0.833. The molecule has 0 radical (unpaired) electrons. The maximum Gasteiger partial charge on any atom is 0.202 e. The highest BCUT2D eigenvalue weighted by Crippen LogP contribution is 2.23. The molecule has 1 aromatic rings. The summed E-state index contributed by atoms with van der Waals surface area (Å²) >= 11 is 7.21. The second-order valence-electron chi connectivity index (χ2n) is 5.31. The average molecular weight is 276 g/mol. The maximum atomic E-state index is 5.77. The Morgan fingerprint density at radius 1 is 1.41 bits per heavy atom. The molecule has 0 aliphatic carbocycles. The largest absolute Gasteiger partial charge is 0.360 e. The molecule has 98 valence electrons. The van der Waals surface area contributed by atoms with E-state index in [-0.39, 0.29) is 5.41 Å². The topological polar surface area (TPSA) is 37.8 Å². The molecule has 0 amide bonds. The number of hydrogen-bond acceptors (Lipinski definition) is 4. The van der Waals surface area contributed by atoms with E-state index < -0.39 is 0 Å². The van der Waals surface area contributed by atoms with E-state index in [9.17, 15) is 0 Å². The summed E-state index contributed by atoms with van der Waals surface area (Å²) in [7, 11) is 0. The fourth-order valence-corrected chi connectivity index (χ4v) is 2.51. The molecule has 17 heavy (non-hydrogen) atoms. The number of hydrogen-bond donors (Lipinski definition) is 1. The Morgan fingerprint density at radius 2 is 2.12 bits per heavy atom. The van der Waals surface area contributed by atoms with Crippen LogP contribution in [0.4, 0.5) is 5.13 Å². The van der Waals surface area contributed by atoms with Crippen LogP contribution in [0, 0.1) is 5.92 Å². The van der Waals surface area contributed by atoms with Gasteiger partial charge in [0.15, 0.2) is 0 Å². The second kappa shape index (κ2) is 6.55. The van der Waals surface area contributed by atoms with Gasteiger partial charge in [-0.25, -0.2) is 4.98 Å². The zero-order valence-corrected chi connectivity index (χ0v) is 12.7. The van der Waals surface area contributed by atoms with Crippen LogP contribution in [-0.2, 0) is 5.41 Å². The van der Waals surface area contributed by atoms with Gasteiger partial charge in [0, 0.05) is 29.4 Å². The van der Waals surface area contributed by atoms with Crippen LogP contribution in [0.5, 0.6) is 0 Å². The molecule has 1 atom stereocenters. The molecule has 1 rings (SSSR count). The van der Waals surface area contributed by atoms with E-state index in [1.165, 1.54) is 11.5 Å². The van der Waals surface area contributed by atoms with Crippen LogP contribution in [-0.4, -0.2) is 21.8 Å². The lowest BCUT2D eigenvalue weighted by Gasteiger charge is -2.14. The molecule has 3 nitrogen and oxygen atoms in total. The minimum Gasteiger partial charge on any atom is -0.360 e. The molecule has 0 bridgehead atoms. The molecule has 5 heteroatoms. The third kappa shape index (κ3) is 4.80. The van der Waals surface area contributed by atoms with Gasteiger partial charge in [-0.2, -0.15) is 4.37 Å². The van der Waals surface area contributed by atoms with Crippen LogP contribution < -0.4 is 5.32 Å². The minimum atomic E-state index is 0.0245. The van der Waals surface area contributed by atoms with Crippen molar-refractivity contribution in [1.29, 1.82) is 0 Å². The highest BCUT2D eigenvalue weighted by atomic mass is 35.5. The van der Waals surface area contributed by atoms with Crippen LogP contribution in [0.15, 0.2) is 0 Å². The summed E-state index contributed by atoms with van der Waals surface area (Å²) in [6.07, 6.45) is 2.20. The van der Waals surface area contributed by atoms with Crippen molar-refractivity contribution >= 4 is 28.3 Å². The van der Waals surface area contributed by atoms with E-state index in [1.54, 1.807) is 0 Å². The molecule has 0 aromatic carbocycles. The lowest BCUT2D eigenvalue weighted by atomic mass is 9.96. The summed E-state index contributed by atoms with van der Waals surface area (Å²) in [6, 6.07) is 0. The first-order valence-corrected chi connectivity index (χ1v) is 7.42. The molecule has 0 saturated heterocycles. The van der Waals surface area contributed by atoms with Crippen molar-refractivity contribution in [3.63, 3.8) is 0 Å². The number of aromatic nitrogens is 2. The summed E-state index contributed by atoms with van der Waals surface area (Å²) in [5.74, 6) is 2.26. The van der Waals surface area contributed by atoms with E-state index in [0.29, 0.717) is 5.92 Å². The van der Waals surface area contributed by atoms with Crippen molar-refractivity contribution in [2.75, 3.05) is 17.7 Å². The first kappa shape index (κ1) is 14.7. The van der Waals surface area contributed by atoms with E-state index >= 15 is 0 Å². The number of nitrogens with one attached hydrogen (secondary N) is 1. The Bertz CT molecular complexity index is 333. The third-order valence-corrected chi connectivity index (χ3v) is 3.62. The van der Waals surface area contributed by atoms with E-state index in [1.807, 2.05) is 0 Å². The summed E-state index contributed by atoms with van der Waals surface area (Å²) in [6.45, 7) is 9.51. The van der Waals surface area contributed by atoms with Crippen molar-refractivity contribution in [1.82, 2.24) is 9.36 Å². The van der Waals surface area contributed by atoms with Gasteiger partial charge < -0.3 is 5.32 Å². The van der Waals surface area contributed by atoms with E-state index in [0.717, 1.165) is 36.2 Å². The average Bonchev–Trinajstić information content (AvgIpc) is 2.72. The van der Waals surface area contributed by atoms with Gasteiger partial charge in [-0.15, -0.1) is 11.6 Å². The molecule has 1 aromatic heterocycles. The van der Waals surface area contributed by atoms with Crippen LogP contribution in [0.1, 0.15) is 46.4 Å². The van der Waals surface area contributed by atoms with Gasteiger partial charge in [0.05, 0.1) is 0 Å². The van der Waals surface area contributed by atoms with Gasteiger partial charge in [-0.1, -0.05) is 34.1 Å². The standard InChI is InChI=1S/C12H22ClN3S/c1-5-9(6-7-13)8-14-11-15-10(16-17-11)12(2,3)4/h9H,5-8H2,1-4H3,(H,14,15,16). The molecule has 0 spiro atoms. The highest BCUT2D eigenvalue weighted by Gasteiger charge is 2.19. The molecule has 1 unspecified atom stereocenters. The van der Waals surface area contributed by atoms with Gasteiger partial charge in [0.25, 0.3) is 0 Å². The summed E-state index contributed by atoms with van der Waals surface area (Å²) < 4.78 is 4.38. The van der Waals surface area contributed by atoms with Crippen molar-refractivity contribution < 1.29 is 0 Å². The molecular formula is C12H22ClN3S. The molecule has 0 aliphatic rings. The maximum absolute atomic E-state index is 5.77. The predicted octanol–water partition coefficient (Wildman–Crippen LogP) is 3.90. The van der Waals surface area contributed by atoms with E-state index in [2.05, 4.69) is 42.4 Å². The van der Waals surface area contributed by atoms with Gasteiger partial charge in [0.2, 0.25) is 5.13 Å². The Balaban J connectivity index is 2.49. The number of alkyl halides is 1. The molecule has 0 saturated carbocycles. The van der Waals surface area contributed by atoms with Crippen molar-refractivity contribution in [2.45, 2.75) is 46.0 Å². The zero-order valence-electron chi connectivity index (χ0n) is 11.1. The van der Waals surface area contributed by atoms with Crippen LogP contribution >= 0.6 is 23.1 Å². The molecule has 1 N–H and O–H groups in total. The SMILES string of the molecule is CCC(CCCl)CNc1nc(C(C)(C)C)ns1. The lowest BCUT2D eigenvalue weighted by Crippen LogP contribution is -2.15. The monoisotopic (exact) mass is 275 g/mol. The molecule has 1 heterocycles. The summed E-state index contributed by atoms with van der Waals surface area (Å²) in [5, 5.41) is 4.28. The normalized spacial score (nSPS) is 13.7. The quantitative estimate of drug-likeness (QED) is 0.800. The lowest BCUT2D eigenvalue weighted by molar-refractivity contribution is 0.521. The van der Waals surface area contributed by atoms with Gasteiger partial charge in [-0.3, -0.25) is 0 Å². The van der Waals surface area contributed by atoms with E-state index in [4.69, 9.17) is 11.6 Å². The fourth-order valence-electron chi connectivity index (χ4n) is 1.44. The Hall–Kier alpha value is -0.350. The van der Waals surface area contributed by atoms with Gasteiger partial charge >= 0.3 is 0 Å². The van der Waals surface area contributed by atoms with Crippen molar-refractivity contribution in [3.05, 3.63) is 5.82 Å². The Morgan fingerprint density at radius 3 is 2.59 bits per heavy atom. The molecule has 0 fully saturated rings. The Labute approximate surface area is 113 Å². The second-order valence-corrected chi connectivity index (χ2v) is 6.44. The zero-order chi connectivity index (χ0) is 12.9. The number of nitrogens with zero attached hydrogens (tertiary/aromatic N) is 2. The smallest absolute Gasteiger partial charge is 0.202 e. The highest BCUT2D eigenvalue weighted by molar-refractivity contribution is 7.09. The van der Waals surface area contributed by atoms with Gasteiger partial charge in [0.1, 0.15) is 5.82 Å². The van der Waals surface area contributed by atoms with Crippen molar-refractivity contribution in [3.8, 4) is 0 Å². The van der Waals surface area contributed by atoms with Gasteiger partial charge in [-0.05, 0) is 12.3 Å². The predicted molar refractivity (Wildman–Crippen MR) is 76.2 cm³/mol. The molecular weight excluding hydrogens is 254 g/mol. The Kier molecular flexibility index (Phi) is 5.67. The number of rotatable bonds is 6. The van der Waals surface area contributed by atoms with Crippen molar-refractivity contribution in [2.24, 2.45) is 5.92 Å². The summed E-state index contributed by atoms with van der Waals surface area (Å²) in [5.41, 5.74) is 0.0245.